The van der Waals surface area contributed by atoms with E-state index in [9.17, 15) is 13.5 Å². The molecule has 0 saturated heterocycles. The van der Waals surface area contributed by atoms with Crippen LogP contribution in [0.5, 0.6) is 0 Å². The minimum absolute atomic E-state index is 0.0777. The Balaban J connectivity index is 1.93. The van der Waals surface area contributed by atoms with Gasteiger partial charge in [-0.25, -0.2) is 0 Å². The van der Waals surface area contributed by atoms with E-state index < -0.39 is 16.2 Å². The van der Waals surface area contributed by atoms with Crippen molar-refractivity contribution < 1.29 is 17.7 Å². The van der Waals surface area contributed by atoms with E-state index in [-0.39, 0.29) is 18.0 Å². The highest BCUT2D eigenvalue weighted by atomic mass is 127. The molecule has 0 bridgehead atoms. The van der Waals surface area contributed by atoms with E-state index in [1.807, 2.05) is 6.92 Å². The summed E-state index contributed by atoms with van der Waals surface area (Å²) in [6.45, 7) is 1.73. The SMILES string of the molecule is Cc1ccc(S(=O)(=O)OCC(O)Cn2cc(I)cn2)cc1. The highest BCUT2D eigenvalue weighted by Gasteiger charge is 2.17. The second-order valence-corrected chi connectivity index (χ2v) is 7.45. The number of halogens is 1. The Morgan fingerprint density at radius 3 is 2.62 bits per heavy atom. The summed E-state index contributed by atoms with van der Waals surface area (Å²) in [5, 5.41) is 13.8. The number of rotatable bonds is 6. The molecule has 1 aromatic carbocycles. The monoisotopic (exact) mass is 422 g/mol. The molecule has 0 radical (unpaired) electrons. The zero-order valence-corrected chi connectivity index (χ0v) is 14.3. The molecule has 0 spiro atoms. The summed E-state index contributed by atoms with van der Waals surface area (Å²) in [7, 11) is -3.85. The molecule has 21 heavy (non-hydrogen) atoms. The molecule has 1 N–H and O–H groups in total. The fraction of sp³-hybridized carbons (Fsp3) is 0.308. The Kier molecular flexibility index (Phi) is 5.36. The van der Waals surface area contributed by atoms with Crippen LogP contribution in [-0.4, -0.2) is 36.0 Å². The van der Waals surface area contributed by atoms with Gasteiger partial charge >= 0.3 is 0 Å². The molecule has 2 rings (SSSR count). The van der Waals surface area contributed by atoms with Crippen molar-refractivity contribution >= 4 is 32.7 Å². The largest absolute Gasteiger partial charge is 0.389 e. The topological polar surface area (TPSA) is 81.4 Å². The van der Waals surface area contributed by atoms with Crippen LogP contribution < -0.4 is 0 Å². The molecule has 6 nitrogen and oxygen atoms in total. The molecule has 0 saturated carbocycles. The smallest absolute Gasteiger partial charge is 0.297 e. The summed E-state index contributed by atoms with van der Waals surface area (Å²) in [6.07, 6.45) is 2.44. The van der Waals surface area contributed by atoms with Crippen molar-refractivity contribution in [3.8, 4) is 0 Å². The number of aliphatic hydroxyl groups excluding tert-OH is 1. The minimum atomic E-state index is -3.85. The molecule has 0 aliphatic rings. The van der Waals surface area contributed by atoms with E-state index in [1.165, 1.54) is 16.8 Å². The van der Waals surface area contributed by atoms with Crippen molar-refractivity contribution in [3.05, 3.63) is 45.8 Å². The van der Waals surface area contributed by atoms with Crippen LogP contribution >= 0.6 is 22.6 Å². The second-order valence-electron chi connectivity index (χ2n) is 4.59. The molecule has 1 unspecified atom stereocenters. The van der Waals surface area contributed by atoms with Crippen LogP contribution in [0, 0.1) is 10.5 Å². The van der Waals surface area contributed by atoms with Crippen molar-refractivity contribution in [2.24, 2.45) is 0 Å². The van der Waals surface area contributed by atoms with E-state index in [0.717, 1.165) is 9.13 Å². The van der Waals surface area contributed by atoms with Gasteiger partial charge in [0.05, 0.1) is 33.9 Å². The summed E-state index contributed by atoms with van der Waals surface area (Å²) in [5.41, 5.74) is 0.960. The zero-order chi connectivity index (χ0) is 15.5. The Labute approximate surface area is 137 Å². The van der Waals surface area contributed by atoms with Crippen LogP contribution in [0.4, 0.5) is 0 Å². The minimum Gasteiger partial charge on any atom is -0.389 e. The van der Waals surface area contributed by atoms with E-state index in [4.69, 9.17) is 4.18 Å². The van der Waals surface area contributed by atoms with Gasteiger partial charge in [0.1, 0.15) is 0 Å². The first-order chi connectivity index (χ1) is 9.87. The first-order valence-corrected chi connectivity index (χ1v) is 8.67. The predicted octanol–water partition coefficient (Wildman–Crippen LogP) is 1.56. The Hall–Kier alpha value is -0.970. The zero-order valence-electron chi connectivity index (χ0n) is 11.3. The average Bonchev–Trinajstić information content (AvgIpc) is 2.82. The molecule has 0 fully saturated rings. The van der Waals surface area contributed by atoms with Gasteiger partial charge in [-0.1, -0.05) is 17.7 Å². The molecular formula is C13H15IN2O4S. The number of benzene rings is 1. The van der Waals surface area contributed by atoms with E-state index >= 15 is 0 Å². The summed E-state index contributed by atoms with van der Waals surface area (Å²) < 4.78 is 31.2. The third-order valence-electron chi connectivity index (χ3n) is 2.72. The highest BCUT2D eigenvalue weighted by molar-refractivity contribution is 14.1. The number of aryl methyl sites for hydroxylation is 1. The van der Waals surface area contributed by atoms with Crippen molar-refractivity contribution in [2.75, 3.05) is 6.61 Å². The molecule has 0 amide bonds. The lowest BCUT2D eigenvalue weighted by atomic mass is 10.2. The highest BCUT2D eigenvalue weighted by Crippen LogP contribution is 2.13. The third-order valence-corrected chi connectivity index (χ3v) is 4.58. The number of nitrogens with zero attached hydrogens (tertiary/aromatic N) is 2. The molecule has 2 aromatic rings. The molecular weight excluding hydrogens is 407 g/mol. The maximum atomic E-state index is 11.9. The lowest BCUT2D eigenvalue weighted by Gasteiger charge is -2.11. The first kappa shape index (κ1) is 16.4. The molecule has 114 valence electrons. The van der Waals surface area contributed by atoms with Crippen LogP contribution in [0.2, 0.25) is 0 Å². The molecule has 1 atom stereocenters. The second kappa shape index (κ2) is 6.86. The van der Waals surface area contributed by atoms with E-state index in [0.29, 0.717) is 0 Å². The standard InChI is InChI=1S/C13H15IN2O4S/c1-10-2-4-13(5-3-10)21(18,19)20-9-12(17)8-16-7-11(14)6-15-16/h2-7,12,17H,8-9H2,1H3. The van der Waals surface area contributed by atoms with Gasteiger partial charge in [0, 0.05) is 6.20 Å². The van der Waals surface area contributed by atoms with Crippen LogP contribution in [0.3, 0.4) is 0 Å². The maximum absolute atomic E-state index is 11.9. The van der Waals surface area contributed by atoms with E-state index in [2.05, 4.69) is 27.7 Å². The number of hydrogen-bond donors (Lipinski definition) is 1. The Morgan fingerprint density at radius 2 is 2.05 bits per heavy atom. The maximum Gasteiger partial charge on any atom is 0.297 e. The fourth-order valence-corrected chi connectivity index (χ4v) is 3.04. The van der Waals surface area contributed by atoms with Crippen molar-refractivity contribution in [2.45, 2.75) is 24.5 Å². The van der Waals surface area contributed by atoms with Gasteiger partial charge in [-0.15, -0.1) is 0 Å². The van der Waals surface area contributed by atoms with Gasteiger partial charge in [0.15, 0.2) is 0 Å². The lowest BCUT2D eigenvalue weighted by Crippen LogP contribution is -2.24. The summed E-state index contributed by atoms with van der Waals surface area (Å²) in [5.74, 6) is 0. The van der Waals surface area contributed by atoms with Gasteiger partial charge in [0.2, 0.25) is 0 Å². The van der Waals surface area contributed by atoms with Crippen LogP contribution in [0.1, 0.15) is 5.56 Å². The van der Waals surface area contributed by atoms with Crippen molar-refractivity contribution in [3.63, 3.8) is 0 Å². The predicted molar refractivity (Wildman–Crippen MR) is 85.3 cm³/mol. The number of aromatic nitrogens is 2. The fourth-order valence-electron chi connectivity index (χ4n) is 1.65. The van der Waals surface area contributed by atoms with Crippen molar-refractivity contribution in [1.82, 2.24) is 9.78 Å². The molecule has 8 heteroatoms. The number of aliphatic hydroxyl groups is 1. The molecule has 1 heterocycles. The first-order valence-electron chi connectivity index (χ1n) is 6.19. The van der Waals surface area contributed by atoms with Gasteiger partial charge in [-0.3, -0.25) is 8.86 Å². The van der Waals surface area contributed by atoms with Gasteiger partial charge < -0.3 is 5.11 Å². The average molecular weight is 422 g/mol. The van der Waals surface area contributed by atoms with Crippen LogP contribution in [-0.2, 0) is 20.8 Å². The van der Waals surface area contributed by atoms with Crippen LogP contribution in [0.15, 0.2) is 41.6 Å². The Bertz CT molecular complexity index is 697. The molecule has 1 aromatic heterocycles. The molecule has 0 aliphatic carbocycles. The van der Waals surface area contributed by atoms with Gasteiger partial charge in [-0.05, 0) is 41.6 Å². The Morgan fingerprint density at radius 1 is 1.38 bits per heavy atom. The summed E-state index contributed by atoms with van der Waals surface area (Å²) >= 11 is 2.10. The van der Waals surface area contributed by atoms with Gasteiger partial charge in [0.25, 0.3) is 10.1 Å². The summed E-state index contributed by atoms with van der Waals surface area (Å²) in [6, 6.07) is 6.34. The van der Waals surface area contributed by atoms with Crippen molar-refractivity contribution in [1.29, 1.82) is 0 Å². The van der Waals surface area contributed by atoms with E-state index in [1.54, 1.807) is 24.5 Å². The van der Waals surface area contributed by atoms with Crippen LogP contribution in [0.25, 0.3) is 0 Å². The third kappa shape index (κ3) is 4.77. The lowest BCUT2D eigenvalue weighted by molar-refractivity contribution is 0.0921. The van der Waals surface area contributed by atoms with Gasteiger partial charge in [-0.2, -0.15) is 13.5 Å². The molecule has 0 aliphatic heterocycles. The quantitative estimate of drug-likeness (QED) is 0.565. The number of hydrogen-bond acceptors (Lipinski definition) is 5. The normalized spacial score (nSPS) is 13.3. The summed E-state index contributed by atoms with van der Waals surface area (Å²) in [4.78, 5) is 0.0777.